The molecule has 4 aromatic rings. The van der Waals surface area contributed by atoms with Crippen molar-refractivity contribution in [1.29, 1.82) is 0 Å². The van der Waals surface area contributed by atoms with Crippen molar-refractivity contribution in [2.75, 3.05) is 24.8 Å². The Morgan fingerprint density at radius 1 is 0.951 bits per heavy atom. The molecule has 1 saturated heterocycles. The second-order valence-electron chi connectivity index (χ2n) is 10.1. The van der Waals surface area contributed by atoms with Crippen LogP contribution in [-0.2, 0) is 17.1 Å². The number of morpholine rings is 1. The number of halogens is 2. The van der Waals surface area contributed by atoms with E-state index in [1.54, 1.807) is 21.8 Å². The van der Waals surface area contributed by atoms with Gasteiger partial charge in [0.1, 0.15) is 12.8 Å². The zero-order valence-electron chi connectivity index (χ0n) is 21.8. The van der Waals surface area contributed by atoms with Gasteiger partial charge in [-0.05, 0) is 28.8 Å². The number of fused-ring (bicyclic) bond motifs is 4. The van der Waals surface area contributed by atoms with Gasteiger partial charge in [0, 0.05) is 35.0 Å². The summed E-state index contributed by atoms with van der Waals surface area (Å²) in [7, 11) is 0. The van der Waals surface area contributed by atoms with Gasteiger partial charge >= 0.3 is 0 Å². The fraction of sp³-hybridized carbons (Fsp3) is 0.226. The largest absolute Gasteiger partial charge is 0.482 e. The summed E-state index contributed by atoms with van der Waals surface area (Å²) in [6.07, 6.45) is 0.979. The molecule has 0 spiro atoms. The van der Waals surface area contributed by atoms with Crippen molar-refractivity contribution in [2.45, 2.75) is 29.5 Å². The number of carbonyl (C=O) groups is 1. The Kier molecular flexibility index (Phi) is 6.51. The fourth-order valence-corrected chi connectivity index (χ4v) is 6.95. The Balaban J connectivity index is 1.45. The molecule has 4 heterocycles. The van der Waals surface area contributed by atoms with Crippen LogP contribution in [0, 0.1) is 11.6 Å². The summed E-state index contributed by atoms with van der Waals surface area (Å²) in [5.41, 5.74) is 2.23. The van der Waals surface area contributed by atoms with Crippen LogP contribution in [0.25, 0.3) is 0 Å². The van der Waals surface area contributed by atoms with E-state index in [0.717, 1.165) is 22.1 Å². The van der Waals surface area contributed by atoms with Crippen molar-refractivity contribution in [2.24, 2.45) is 0 Å². The van der Waals surface area contributed by atoms with Crippen molar-refractivity contribution in [3.63, 3.8) is 0 Å². The molecule has 0 aliphatic carbocycles. The molecule has 0 unspecified atom stereocenters. The molecule has 3 aromatic carbocycles. The zero-order valence-corrected chi connectivity index (χ0v) is 22.7. The highest BCUT2D eigenvalue weighted by Crippen LogP contribution is 2.45. The van der Waals surface area contributed by atoms with Crippen molar-refractivity contribution < 1.29 is 23.0 Å². The maximum Gasteiger partial charge on any atom is 0.278 e. The topological polar surface area (TPSA) is 64.0 Å². The van der Waals surface area contributed by atoms with Gasteiger partial charge in [-0.1, -0.05) is 54.6 Å². The van der Waals surface area contributed by atoms with Gasteiger partial charge in [0.25, 0.3) is 5.91 Å². The molecule has 1 amide bonds. The lowest BCUT2D eigenvalue weighted by molar-refractivity contribution is -0.0199. The predicted molar refractivity (Wildman–Crippen MR) is 150 cm³/mol. The predicted octanol–water partition coefficient (Wildman–Crippen LogP) is 4.85. The first kappa shape index (κ1) is 25.8. The molecule has 3 aliphatic heterocycles. The van der Waals surface area contributed by atoms with Crippen LogP contribution in [0.15, 0.2) is 88.7 Å². The molecule has 7 nitrogen and oxygen atoms in total. The van der Waals surface area contributed by atoms with E-state index in [9.17, 15) is 14.0 Å². The molecule has 2 atom stereocenters. The third-order valence-corrected chi connectivity index (χ3v) is 8.87. The van der Waals surface area contributed by atoms with E-state index in [2.05, 4.69) is 0 Å². The smallest absolute Gasteiger partial charge is 0.278 e. The van der Waals surface area contributed by atoms with Gasteiger partial charge in [-0.2, -0.15) is 0 Å². The molecule has 0 bridgehead atoms. The van der Waals surface area contributed by atoms with Gasteiger partial charge < -0.3 is 14.4 Å². The summed E-state index contributed by atoms with van der Waals surface area (Å²) in [6.45, 7) is 0.932. The third kappa shape index (κ3) is 4.29. The van der Waals surface area contributed by atoms with E-state index in [1.807, 2.05) is 59.6 Å². The van der Waals surface area contributed by atoms with E-state index >= 15 is 4.39 Å². The van der Waals surface area contributed by atoms with E-state index in [4.69, 9.17) is 9.47 Å². The number of pyridine rings is 1. The number of nitrogens with zero attached hydrogens (tertiary/aromatic N) is 3. The quantitative estimate of drug-likeness (QED) is 0.348. The number of aromatic nitrogens is 1. The van der Waals surface area contributed by atoms with Crippen LogP contribution in [0.3, 0.4) is 0 Å². The van der Waals surface area contributed by atoms with Crippen molar-refractivity contribution >= 4 is 17.7 Å². The fourth-order valence-electron chi connectivity index (χ4n) is 5.84. The number of rotatable bonds is 4. The third-order valence-electron chi connectivity index (χ3n) is 7.76. The Hall–Kier alpha value is -4.15. The first-order valence-electron chi connectivity index (χ1n) is 13.3. The number of benzene rings is 3. The molecule has 208 valence electrons. The SMILES string of the molecule is O=C1c2c(OCc3ccccc3)c(=O)ccn2N([C@H]2c3ccccc3SCc3c2ccc(F)c3F)[C@H]2COCCN12. The van der Waals surface area contributed by atoms with Crippen LogP contribution >= 0.6 is 11.8 Å². The number of hydrogen-bond donors (Lipinski definition) is 0. The summed E-state index contributed by atoms with van der Waals surface area (Å²) < 4.78 is 43.4. The van der Waals surface area contributed by atoms with E-state index in [-0.39, 0.29) is 41.9 Å². The molecule has 41 heavy (non-hydrogen) atoms. The Labute approximate surface area is 238 Å². The Morgan fingerprint density at radius 3 is 2.61 bits per heavy atom. The summed E-state index contributed by atoms with van der Waals surface area (Å²) >= 11 is 1.44. The van der Waals surface area contributed by atoms with Gasteiger partial charge in [0.2, 0.25) is 5.43 Å². The van der Waals surface area contributed by atoms with Gasteiger partial charge in [-0.25, -0.2) is 8.78 Å². The standard InChI is InChI=1S/C31H25F2N3O4S/c32-23-11-10-20-22(27(23)33)18-41-25-9-5-4-8-21(25)28(20)36-26-17-39-15-14-34(26)31(38)29-30(24(37)12-13-35(29)36)40-16-19-6-2-1-3-7-19/h1-13,26,28H,14-18H2/t26-,28+/m0/s1. The van der Waals surface area contributed by atoms with Gasteiger partial charge in [-0.15, -0.1) is 11.8 Å². The molecule has 1 aromatic heterocycles. The summed E-state index contributed by atoms with van der Waals surface area (Å²) in [5.74, 6) is -1.96. The van der Waals surface area contributed by atoms with E-state index in [1.165, 1.54) is 17.8 Å². The van der Waals surface area contributed by atoms with E-state index in [0.29, 0.717) is 18.7 Å². The monoisotopic (exact) mass is 573 g/mol. The van der Waals surface area contributed by atoms with Gasteiger partial charge in [-0.3, -0.25) is 19.3 Å². The highest BCUT2D eigenvalue weighted by Gasteiger charge is 2.46. The maximum absolute atomic E-state index is 15.3. The van der Waals surface area contributed by atoms with Crippen LogP contribution < -0.4 is 15.2 Å². The van der Waals surface area contributed by atoms with Crippen LogP contribution in [0.5, 0.6) is 5.75 Å². The molecular formula is C31H25F2N3O4S. The maximum atomic E-state index is 15.3. The minimum absolute atomic E-state index is 0.0573. The number of thioether (sulfide) groups is 1. The minimum atomic E-state index is -0.911. The number of carbonyl (C=O) groups excluding carboxylic acids is 1. The zero-order chi connectivity index (χ0) is 28.1. The molecule has 0 radical (unpaired) electrons. The molecule has 1 fully saturated rings. The Morgan fingerprint density at radius 2 is 1.76 bits per heavy atom. The van der Waals surface area contributed by atoms with E-state index < -0.39 is 29.3 Å². The van der Waals surface area contributed by atoms with Crippen molar-refractivity contribution in [3.05, 3.63) is 129 Å². The highest BCUT2D eigenvalue weighted by atomic mass is 32.2. The first-order chi connectivity index (χ1) is 20.0. The lowest BCUT2D eigenvalue weighted by atomic mass is 9.93. The molecule has 3 aliphatic rings. The van der Waals surface area contributed by atoms with Crippen LogP contribution in [-0.4, -0.2) is 41.4 Å². The van der Waals surface area contributed by atoms with Crippen LogP contribution in [0.4, 0.5) is 8.78 Å². The lowest BCUT2D eigenvalue weighted by Gasteiger charge is -2.51. The minimum Gasteiger partial charge on any atom is -0.482 e. The summed E-state index contributed by atoms with van der Waals surface area (Å²) in [6, 6.07) is 20.6. The average Bonchev–Trinajstić information content (AvgIpc) is 3.17. The normalized spacial score (nSPS) is 19.5. The number of hydrogen-bond acceptors (Lipinski definition) is 6. The summed E-state index contributed by atoms with van der Waals surface area (Å²) in [4.78, 5) is 29.8. The second-order valence-corrected chi connectivity index (χ2v) is 11.1. The second kappa shape index (κ2) is 10.4. The highest BCUT2D eigenvalue weighted by molar-refractivity contribution is 7.98. The number of ether oxygens (including phenoxy) is 2. The number of amides is 1. The van der Waals surface area contributed by atoms with Crippen LogP contribution in [0.1, 0.15) is 38.8 Å². The van der Waals surface area contributed by atoms with Crippen molar-refractivity contribution in [1.82, 2.24) is 9.58 Å². The Bertz CT molecular complexity index is 1710. The summed E-state index contributed by atoms with van der Waals surface area (Å²) in [5, 5.41) is 1.94. The molecule has 0 saturated carbocycles. The van der Waals surface area contributed by atoms with Crippen LogP contribution in [0.2, 0.25) is 0 Å². The molecular weight excluding hydrogens is 548 g/mol. The van der Waals surface area contributed by atoms with Gasteiger partial charge in [0.15, 0.2) is 23.1 Å². The first-order valence-corrected chi connectivity index (χ1v) is 14.3. The molecule has 7 rings (SSSR count). The lowest BCUT2D eigenvalue weighted by Crippen LogP contribution is -2.66. The average molecular weight is 574 g/mol. The van der Waals surface area contributed by atoms with Crippen molar-refractivity contribution in [3.8, 4) is 5.75 Å². The molecule has 0 N–H and O–H groups in total. The van der Waals surface area contributed by atoms with Gasteiger partial charge in [0.05, 0.1) is 19.3 Å². The molecule has 10 heteroatoms.